The number of halogens is 2. The highest BCUT2D eigenvalue weighted by molar-refractivity contribution is 9.10. The Kier molecular flexibility index (Phi) is 4.45. The first-order valence-corrected chi connectivity index (χ1v) is 7.25. The van der Waals surface area contributed by atoms with Crippen LogP contribution in [-0.4, -0.2) is 10.9 Å². The van der Waals surface area contributed by atoms with Gasteiger partial charge in [0.25, 0.3) is 5.91 Å². The van der Waals surface area contributed by atoms with Gasteiger partial charge in [-0.1, -0.05) is 39.7 Å². The van der Waals surface area contributed by atoms with Gasteiger partial charge in [-0.3, -0.25) is 9.78 Å². The molecule has 2 aromatic rings. The van der Waals surface area contributed by atoms with Crippen molar-refractivity contribution in [3.8, 4) is 0 Å². The number of hydrogen-bond acceptors (Lipinski definition) is 2. The highest BCUT2D eigenvalue weighted by Gasteiger charge is 2.24. The normalized spacial score (nSPS) is 11.2. The number of carbonyl (C=O) groups excluding carboxylic acids is 1. The first-order chi connectivity index (χ1) is 9.40. The molecule has 1 aromatic heterocycles. The zero-order valence-corrected chi connectivity index (χ0v) is 13.5. The zero-order valence-electron chi connectivity index (χ0n) is 11.2. The summed E-state index contributed by atoms with van der Waals surface area (Å²) in [5.41, 5.74) is 0.941. The Bertz CT molecular complexity index is 626. The molecule has 1 N–H and O–H groups in total. The molecule has 5 heteroatoms. The summed E-state index contributed by atoms with van der Waals surface area (Å²) < 4.78 is 1.00. The second-order valence-electron chi connectivity index (χ2n) is 4.94. The lowest BCUT2D eigenvalue weighted by Crippen LogP contribution is -2.41. The molecule has 1 amide bonds. The summed E-state index contributed by atoms with van der Waals surface area (Å²) in [6.07, 6.45) is 3.01. The van der Waals surface area contributed by atoms with E-state index in [0.717, 1.165) is 10.0 Å². The fourth-order valence-corrected chi connectivity index (χ4v) is 2.32. The average molecular weight is 354 g/mol. The topological polar surface area (TPSA) is 42.0 Å². The predicted molar refractivity (Wildman–Crippen MR) is 83.9 cm³/mol. The Morgan fingerprint density at radius 3 is 2.50 bits per heavy atom. The summed E-state index contributed by atoms with van der Waals surface area (Å²) in [6, 6.07) is 9.44. The third-order valence-electron chi connectivity index (χ3n) is 3.01. The summed E-state index contributed by atoms with van der Waals surface area (Å²) in [6.45, 7) is 3.90. The molecule has 0 spiro atoms. The minimum absolute atomic E-state index is 0.217. The lowest BCUT2D eigenvalue weighted by molar-refractivity contribution is 0.0912. The van der Waals surface area contributed by atoms with Gasteiger partial charge in [-0.15, -0.1) is 0 Å². The lowest BCUT2D eigenvalue weighted by atomic mass is 9.94. The number of hydrogen-bond donors (Lipinski definition) is 1. The first-order valence-electron chi connectivity index (χ1n) is 6.08. The van der Waals surface area contributed by atoms with Crippen LogP contribution in [0.1, 0.15) is 29.8 Å². The van der Waals surface area contributed by atoms with E-state index >= 15 is 0 Å². The minimum Gasteiger partial charge on any atom is -0.343 e. The van der Waals surface area contributed by atoms with Crippen LogP contribution in [0.2, 0.25) is 5.02 Å². The SMILES string of the molecule is CC(C)(NC(=O)c1ccncc1Cl)c1ccc(Br)cc1. The molecule has 0 atom stereocenters. The van der Waals surface area contributed by atoms with E-state index in [0.29, 0.717) is 10.6 Å². The van der Waals surface area contributed by atoms with Gasteiger partial charge in [-0.05, 0) is 37.6 Å². The molecule has 0 bridgehead atoms. The number of nitrogens with one attached hydrogen (secondary N) is 1. The van der Waals surface area contributed by atoms with Gasteiger partial charge in [0, 0.05) is 16.9 Å². The van der Waals surface area contributed by atoms with Gasteiger partial charge < -0.3 is 5.32 Å². The molecule has 0 aliphatic heterocycles. The number of rotatable bonds is 3. The van der Waals surface area contributed by atoms with Crippen molar-refractivity contribution in [3.63, 3.8) is 0 Å². The fourth-order valence-electron chi connectivity index (χ4n) is 1.85. The maximum Gasteiger partial charge on any atom is 0.253 e. The molecule has 0 radical (unpaired) electrons. The first kappa shape index (κ1) is 15.0. The molecule has 0 fully saturated rings. The Labute approximate surface area is 131 Å². The Balaban J connectivity index is 2.22. The van der Waals surface area contributed by atoms with Crippen LogP contribution in [-0.2, 0) is 5.54 Å². The lowest BCUT2D eigenvalue weighted by Gasteiger charge is -2.27. The molecule has 0 saturated heterocycles. The Morgan fingerprint density at radius 2 is 1.90 bits per heavy atom. The zero-order chi connectivity index (χ0) is 14.8. The molecule has 0 unspecified atom stereocenters. The van der Waals surface area contributed by atoms with Crippen LogP contribution in [0.25, 0.3) is 0 Å². The number of benzene rings is 1. The molecule has 1 aromatic carbocycles. The van der Waals surface area contributed by atoms with Crippen molar-refractivity contribution >= 4 is 33.4 Å². The van der Waals surface area contributed by atoms with Gasteiger partial charge in [0.2, 0.25) is 0 Å². The molecular weight excluding hydrogens is 340 g/mol. The van der Waals surface area contributed by atoms with Gasteiger partial charge in [0.05, 0.1) is 16.1 Å². The average Bonchev–Trinajstić information content (AvgIpc) is 2.39. The van der Waals surface area contributed by atoms with E-state index in [1.165, 1.54) is 6.20 Å². The summed E-state index contributed by atoms with van der Waals surface area (Å²) >= 11 is 9.38. The van der Waals surface area contributed by atoms with Crippen molar-refractivity contribution < 1.29 is 4.79 Å². The van der Waals surface area contributed by atoms with Crippen molar-refractivity contribution in [1.29, 1.82) is 0 Å². The molecular formula is C15H14BrClN2O. The summed E-state index contributed by atoms with van der Waals surface area (Å²) in [7, 11) is 0. The highest BCUT2D eigenvalue weighted by atomic mass is 79.9. The molecule has 3 nitrogen and oxygen atoms in total. The van der Waals surface area contributed by atoms with E-state index in [2.05, 4.69) is 26.2 Å². The molecule has 1 heterocycles. The van der Waals surface area contributed by atoms with Gasteiger partial charge in [-0.2, -0.15) is 0 Å². The van der Waals surface area contributed by atoms with Crippen LogP contribution in [0.4, 0.5) is 0 Å². The summed E-state index contributed by atoms with van der Waals surface area (Å²) in [5.74, 6) is -0.217. The maximum atomic E-state index is 12.3. The van der Waals surface area contributed by atoms with Crippen molar-refractivity contribution in [3.05, 3.63) is 63.3 Å². The fraction of sp³-hybridized carbons (Fsp3) is 0.200. The van der Waals surface area contributed by atoms with E-state index in [4.69, 9.17) is 11.6 Å². The van der Waals surface area contributed by atoms with E-state index in [-0.39, 0.29) is 5.91 Å². The molecule has 2 rings (SSSR count). The molecule has 20 heavy (non-hydrogen) atoms. The monoisotopic (exact) mass is 352 g/mol. The minimum atomic E-state index is -0.496. The smallest absolute Gasteiger partial charge is 0.253 e. The Hall–Kier alpha value is -1.39. The van der Waals surface area contributed by atoms with Gasteiger partial charge in [0.1, 0.15) is 0 Å². The number of nitrogens with zero attached hydrogens (tertiary/aromatic N) is 1. The van der Waals surface area contributed by atoms with Crippen molar-refractivity contribution in [2.24, 2.45) is 0 Å². The van der Waals surface area contributed by atoms with Crippen molar-refractivity contribution in [2.45, 2.75) is 19.4 Å². The van der Waals surface area contributed by atoms with Crippen molar-refractivity contribution in [1.82, 2.24) is 10.3 Å². The van der Waals surface area contributed by atoms with Crippen LogP contribution in [0.3, 0.4) is 0 Å². The molecule has 0 aliphatic carbocycles. The second-order valence-corrected chi connectivity index (χ2v) is 6.26. The van der Waals surface area contributed by atoms with Gasteiger partial charge in [-0.25, -0.2) is 0 Å². The van der Waals surface area contributed by atoms with E-state index in [1.807, 2.05) is 38.1 Å². The number of amides is 1. The van der Waals surface area contributed by atoms with Crippen molar-refractivity contribution in [2.75, 3.05) is 0 Å². The number of pyridine rings is 1. The third kappa shape index (κ3) is 3.38. The van der Waals surface area contributed by atoms with Crippen LogP contribution in [0, 0.1) is 0 Å². The number of aromatic nitrogens is 1. The summed E-state index contributed by atoms with van der Waals surface area (Å²) in [4.78, 5) is 16.2. The van der Waals surface area contributed by atoms with Crippen LogP contribution in [0.15, 0.2) is 47.2 Å². The predicted octanol–water partition coefficient (Wildman–Crippen LogP) is 4.16. The van der Waals surface area contributed by atoms with Gasteiger partial charge in [0.15, 0.2) is 0 Å². The Morgan fingerprint density at radius 1 is 1.25 bits per heavy atom. The van der Waals surface area contributed by atoms with Crippen LogP contribution in [0.5, 0.6) is 0 Å². The summed E-state index contributed by atoms with van der Waals surface area (Å²) in [5, 5.41) is 3.33. The van der Waals surface area contributed by atoms with Crippen LogP contribution >= 0.6 is 27.5 Å². The maximum absolute atomic E-state index is 12.3. The van der Waals surface area contributed by atoms with E-state index in [1.54, 1.807) is 12.3 Å². The standard InChI is InChI=1S/C15H14BrClN2O/c1-15(2,10-3-5-11(16)6-4-10)19-14(20)12-7-8-18-9-13(12)17/h3-9H,1-2H3,(H,19,20). The molecule has 0 saturated carbocycles. The molecule has 0 aliphatic rings. The van der Waals surface area contributed by atoms with Crippen LogP contribution < -0.4 is 5.32 Å². The number of carbonyl (C=O) groups is 1. The second kappa shape index (κ2) is 5.94. The highest BCUT2D eigenvalue weighted by Crippen LogP contribution is 2.23. The quantitative estimate of drug-likeness (QED) is 0.900. The largest absolute Gasteiger partial charge is 0.343 e. The van der Waals surface area contributed by atoms with Gasteiger partial charge >= 0.3 is 0 Å². The molecule has 104 valence electrons. The third-order valence-corrected chi connectivity index (χ3v) is 3.84. The van der Waals surface area contributed by atoms with E-state index < -0.39 is 5.54 Å². The van der Waals surface area contributed by atoms with E-state index in [9.17, 15) is 4.79 Å².